The molecule has 5 heteroatoms. The van der Waals surface area contributed by atoms with E-state index in [9.17, 15) is 19.8 Å². The van der Waals surface area contributed by atoms with E-state index in [0.29, 0.717) is 6.08 Å². The summed E-state index contributed by atoms with van der Waals surface area (Å²) in [5, 5.41) is 19.1. The number of hydrogen-bond donors (Lipinski definition) is 2. The molecule has 0 unspecified atom stereocenters. The highest BCUT2D eigenvalue weighted by Gasteiger charge is 2.14. The average molecular weight is 236 g/mol. The molecule has 0 fully saturated rings. The second-order valence-electron chi connectivity index (χ2n) is 3.41. The molecule has 0 amide bonds. The zero-order valence-electron chi connectivity index (χ0n) is 9.43. The smallest absolute Gasteiger partial charge is 0.378 e. The Labute approximate surface area is 98.0 Å². The molecular weight excluding hydrogens is 224 g/mol. The van der Waals surface area contributed by atoms with Gasteiger partial charge in [0.25, 0.3) is 5.78 Å². The molecule has 0 aliphatic carbocycles. The molecule has 0 atom stereocenters. The van der Waals surface area contributed by atoms with Crippen LogP contribution in [0.25, 0.3) is 5.76 Å². The van der Waals surface area contributed by atoms with Crippen LogP contribution in [0, 0.1) is 6.92 Å². The van der Waals surface area contributed by atoms with E-state index in [4.69, 9.17) is 0 Å². The predicted octanol–water partition coefficient (Wildman–Crippen LogP) is 1.34. The molecule has 1 aromatic rings. The highest BCUT2D eigenvalue weighted by atomic mass is 16.5. The molecule has 1 aromatic carbocycles. The lowest BCUT2D eigenvalue weighted by atomic mass is 10.1. The minimum Gasteiger partial charge on any atom is -0.507 e. The molecule has 2 N–H and O–H groups in total. The van der Waals surface area contributed by atoms with Gasteiger partial charge in [0.1, 0.15) is 11.5 Å². The Bertz CT molecular complexity index is 488. The van der Waals surface area contributed by atoms with Crippen molar-refractivity contribution < 1.29 is 24.5 Å². The second-order valence-corrected chi connectivity index (χ2v) is 3.41. The van der Waals surface area contributed by atoms with Crippen LogP contribution in [0.1, 0.15) is 11.1 Å². The van der Waals surface area contributed by atoms with Crippen molar-refractivity contribution in [1.82, 2.24) is 0 Å². The fourth-order valence-electron chi connectivity index (χ4n) is 1.22. The lowest BCUT2D eigenvalue weighted by Crippen LogP contribution is -2.13. The normalized spacial score (nSPS) is 11.1. The van der Waals surface area contributed by atoms with E-state index in [0.717, 1.165) is 12.7 Å². The van der Waals surface area contributed by atoms with Crippen LogP contribution in [-0.2, 0) is 14.3 Å². The summed E-state index contributed by atoms with van der Waals surface area (Å²) < 4.78 is 4.20. The van der Waals surface area contributed by atoms with Gasteiger partial charge in [0.2, 0.25) is 0 Å². The van der Waals surface area contributed by atoms with Gasteiger partial charge in [-0.2, -0.15) is 0 Å². The molecule has 0 aromatic heterocycles. The molecule has 0 saturated heterocycles. The van der Waals surface area contributed by atoms with Crippen LogP contribution < -0.4 is 0 Å². The molecule has 0 saturated carbocycles. The number of rotatable bonds is 3. The number of phenols is 1. The number of aliphatic hydroxyl groups excluding tert-OH is 1. The first kappa shape index (κ1) is 12.8. The SMILES string of the molecule is COC(=O)C(=O)/C=C(\O)c1cc(C)ccc1O. The number of benzene rings is 1. The van der Waals surface area contributed by atoms with E-state index < -0.39 is 17.5 Å². The van der Waals surface area contributed by atoms with Crippen molar-refractivity contribution in [3.8, 4) is 5.75 Å². The highest BCUT2D eigenvalue weighted by molar-refractivity contribution is 6.39. The standard InChI is InChI=1S/C12H12O5/c1-7-3-4-9(13)8(5-7)10(14)6-11(15)12(16)17-2/h3-6,13-14H,1-2H3/b10-6-. The number of aryl methyl sites for hydroxylation is 1. The van der Waals surface area contributed by atoms with Crippen molar-refractivity contribution >= 4 is 17.5 Å². The number of carbonyl (C=O) groups is 2. The molecule has 0 aliphatic heterocycles. The van der Waals surface area contributed by atoms with E-state index in [1.807, 2.05) is 0 Å². The van der Waals surface area contributed by atoms with Gasteiger partial charge in [0.05, 0.1) is 12.7 Å². The summed E-state index contributed by atoms with van der Waals surface area (Å²) in [5.41, 5.74) is 0.880. The fraction of sp³-hybridized carbons (Fsp3) is 0.167. The number of hydrogen-bond acceptors (Lipinski definition) is 5. The third kappa shape index (κ3) is 3.07. The van der Waals surface area contributed by atoms with Crippen LogP contribution >= 0.6 is 0 Å². The van der Waals surface area contributed by atoms with Gasteiger partial charge in [0, 0.05) is 6.08 Å². The number of carbonyl (C=O) groups excluding carboxylic acids is 2. The third-order valence-corrected chi connectivity index (χ3v) is 2.08. The lowest BCUT2D eigenvalue weighted by molar-refractivity contribution is -0.149. The minimum atomic E-state index is -1.08. The van der Waals surface area contributed by atoms with Crippen molar-refractivity contribution in [2.45, 2.75) is 6.92 Å². The van der Waals surface area contributed by atoms with Gasteiger partial charge < -0.3 is 14.9 Å². The molecule has 0 heterocycles. The van der Waals surface area contributed by atoms with Crippen LogP contribution in [0.4, 0.5) is 0 Å². The summed E-state index contributed by atoms with van der Waals surface area (Å²) >= 11 is 0. The maximum absolute atomic E-state index is 11.2. The van der Waals surface area contributed by atoms with Crippen molar-refractivity contribution in [3.63, 3.8) is 0 Å². The van der Waals surface area contributed by atoms with E-state index in [2.05, 4.69) is 4.74 Å². The maximum atomic E-state index is 11.2. The van der Waals surface area contributed by atoms with Gasteiger partial charge in [-0.3, -0.25) is 4.79 Å². The number of aromatic hydroxyl groups is 1. The van der Waals surface area contributed by atoms with Crippen LogP contribution in [0.15, 0.2) is 24.3 Å². The second kappa shape index (κ2) is 5.16. The summed E-state index contributed by atoms with van der Waals surface area (Å²) in [6.45, 7) is 1.76. The first-order valence-corrected chi connectivity index (χ1v) is 4.78. The molecular formula is C12H12O5. The Morgan fingerprint density at radius 3 is 2.59 bits per heavy atom. The number of aliphatic hydroxyl groups is 1. The first-order chi connectivity index (χ1) is 7.95. The first-order valence-electron chi connectivity index (χ1n) is 4.78. The summed E-state index contributed by atoms with van der Waals surface area (Å²) in [7, 11) is 1.06. The van der Waals surface area contributed by atoms with Gasteiger partial charge in [-0.05, 0) is 19.1 Å². The molecule has 90 valence electrons. The van der Waals surface area contributed by atoms with Crippen molar-refractivity contribution in [2.24, 2.45) is 0 Å². The summed E-state index contributed by atoms with van der Waals surface area (Å²) in [5.74, 6) is -2.74. The van der Waals surface area contributed by atoms with Crippen LogP contribution in [-0.4, -0.2) is 29.1 Å². The minimum absolute atomic E-state index is 0.0854. The molecule has 5 nitrogen and oxygen atoms in total. The summed E-state index contributed by atoms with van der Waals surface area (Å²) in [6, 6.07) is 4.53. The lowest BCUT2D eigenvalue weighted by Gasteiger charge is -2.04. The van der Waals surface area contributed by atoms with Gasteiger partial charge in [-0.1, -0.05) is 11.6 Å². The average Bonchev–Trinajstić information content (AvgIpc) is 2.30. The Morgan fingerprint density at radius 1 is 1.35 bits per heavy atom. The molecule has 0 bridgehead atoms. The molecule has 17 heavy (non-hydrogen) atoms. The maximum Gasteiger partial charge on any atom is 0.378 e. The Morgan fingerprint density at radius 2 is 2.00 bits per heavy atom. The van der Waals surface area contributed by atoms with Crippen LogP contribution in [0.3, 0.4) is 0 Å². The number of methoxy groups -OCH3 is 1. The molecule has 0 aliphatic rings. The fourth-order valence-corrected chi connectivity index (χ4v) is 1.22. The van der Waals surface area contributed by atoms with Gasteiger partial charge in [0.15, 0.2) is 0 Å². The van der Waals surface area contributed by atoms with Crippen molar-refractivity contribution in [1.29, 1.82) is 0 Å². The Hall–Kier alpha value is -2.30. The zero-order valence-corrected chi connectivity index (χ0v) is 9.43. The molecule has 1 rings (SSSR count). The Kier molecular flexibility index (Phi) is 3.87. The highest BCUT2D eigenvalue weighted by Crippen LogP contribution is 2.24. The molecule has 0 spiro atoms. The third-order valence-electron chi connectivity index (χ3n) is 2.08. The largest absolute Gasteiger partial charge is 0.507 e. The number of phenolic OH excluding ortho intramolecular Hbond substituents is 1. The zero-order chi connectivity index (χ0) is 13.0. The van der Waals surface area contributed by atoms with Gasteiger partial charge >= 0.3 is 5.97 Å². The quantitative estimate of drug-likeness (QED) is 0.358. The van der Waals surface area contributed by atoms with Gasteiger partial charge in [-0.15, -0.1) is 0 Å². The van der Waals surface area contributed by atoms with Crippen LogP contribution in [0.2, 0.25) is 0 Å². The van der Waals surface area contributed by atoms with E-state index >= 15 is 0 Å². The monoisotopic (exact) mass is 236 g/mol. The number of ether oxygens (including phenoxy) is 1. The van der Waals surface area contributed by atoms with E-state index in [1.165, 1.54) is 12.1 Å². The summed E-state index contributed by atoms with van der Waals surface area (Å²) in [4.78, 5) is 22.0. The van der Waals surface area contributed by atoms with Gasteiger partial charge in [-0.25, -0.2) is 4.79 Å². The van der Waals surface area contributed by atoms with E-state index in [1.54, 1.807) is 13.0 Å². The van der Waals surface area contributed by atoms with E-state index in [-0.39, 0.29) is 11.3 Å². The Balaban J connectivity index is 3.07. The number of esters is 1. The van der Waals surface area contributed by atoms with Crippen molar-refractivity contribution in [2.75, 3.05) is 7.11 Å². The van der Waals surface area contributed by atoms with Crippen molar-refractivity contribution in [3.05, 3.63) is 35.4 Å². The van der Waals surface area contributed by atoms with Crippen LogP contribution in [0.5, 0.6) is 5.75 Å². The molecule has 0 radical (unpaired) electrons. The summed E-state index contributed by atoms with van der Waals surface area (Å²) in [6.07, 6.45) is 0.709. The predicted molar refractivity (Wildman–Crippen MR) is 60.5 cm³/mol. The topological polar surface area (TPSA) is 83.8 Å². The number of ketones is 1.